The molecule has 4 N–H and O–H groups in total. The van der Waals surface area contributed by atoms with E-state index in [1.54, 1.807) is 6.07 Å². The van der Waals surface area contributed by atoms with Crippen molar-refractivity contribution in [3.63, 3.8) is 0 Å². The van der Waals surface area contributed by atoms with Crippen molar-refractivity contribution in [1.82, 2.24) is 4.57 Å². The first-order chi connectivity index (χ1) is 17.3. The third kappa shape index (κ3) is 4.09. The number of nitrogens with two attached hydrogens (primary N) is 1. The van der Waals surface area contributed by atoms with Gasteiger partial charge in [-0.3, -0.25) is 14.2 Å². The molecule has 0 atom stereocenters. The topological polar surface area (TPSA) is 97.4 Å². The number of rotatable bonds is 6. The highest BCUT2D eigenvalue weighted by Crippen LogP contribution is 2.46. The molecule has 6 nitrogen and oxygen atoms in total. The molecule has 0 saturated heterocycles. The minimum Gasteiger partial charge on any atom is -0.393 e. The van der Waals surface area contributed by atoms with E-state index in [1.807, 2.05) is 28.8 Å². The number of para-hydroxylation sites is 1. The van der Waals surface area contributed by atoms with Gasteiger partial charge in [-0.15, -0.1) is 0 Å². The Morgan fingerprint density at radius 1 is 1.14 bits per heavy atom. The lowest BCUT2D eigenvalue weighted by Crippen LogP contribution is -2.35. The van der Waals surface area contributed by atoms with E-state index < -0.39 is 11.7 Å². The fraction of sp³-hybridized carbons (Fsp3) is 0.448. The zero-order valence-corrected chi connectivity index (χ0v) is 20.9. The summed E-state index contributed by atoms with van der Waals surface area (Å²) in [6.45, 7) is 4.25. The highest BCUT2D eigenvalue weighted by Gasteiger charge is 2.39. The van der Waals surface area contributed by atoms with Gasteiger partial charge in [0.2, 0.25) is 5.91 Å². The summed E-state index contributed by atoms with van der Waals surface area (Å²) in [5, 5.41) is 14.1. The first kappa shape index (κ1) is 24.5. The van der Waals surface area contributed by atoms with Gasteiger partial charge in [0.15, 0.2) is 0 Å². The fourth-order valence-electron chi connectivity index (χ4n) is 6.19. The maximum atomic E-state index is 15.5. The predicted octanol–water partition coefficient (Wildman–Crippen LogP) is 5.65. The van der Waals surface area contributed by atoms with Crippen molar-refractivity contribution in [1.29, 1.82) is 0 Å². The van der Waals surface area contributed by atoms with Gasteiger partial charge < -0.3 is 16.2 Å². The average molecular weight is 492 g/mol. The highest BCUT2D eigenvalue weighted by atomic mass is 19.1. The van der Waals surface area contributed by atoms with Crippen molar-refractivity contribution < 1.29 is 19.1 Å². The smallest absolute Gasteiger partial charge is 0.253 e. The number of primary amides is 1. The normalized spacial score (nSPS) is 21.4. The van der Waals surface area contributed by atoms with Crippen molar-refractivity contribution in [2.75, 3.05) is 5.32 Å². The molecule has 3 aromatic rings. The number of hydrogen-bond donors (Lipinski definition) is 3. The summed E-state index contributed by atoms with van der Waals surface area (Å²) in [6.07, 6.45) is 5.40. The van der Waals surface area contributed by atoms with Crippen LogP contribution in [0.1, 0.15) is 79.6 Å². The third-order valence-electron chi connectivity index (χ3n) is 8.47. The lowest BCUT2D eigenvalue weighted by molar-refractivity contribution is 0.0769. The quantitative estimate of drug-likeness (QED) is 0.415. The summed E-state index contributed by atoms with van der Waals surface area (Å²) in [7, 11) is 0. The van der Waals surface area contributed by atoms with Crippen LogP contribution >= 0.6 is 0 Å². The number of carbonyl (C=O) groups is 2. The SMILES string of the molecule is CCC1(CC)CC(=O)n2c(c(-c3cc(F)c(C(N)=O)c(NC4CCC(O)CC4)c3)c3ccccc32)C1. The van der Waals surface area contributed by atoms with Gasteiger partial charge in [-0.2, -0.15) is 0 Å². The summed E-state index contributed by atoms with van der Waals surface area (Å²) in [6, 6.07) is 10.9. The van der Waals surface area contributed by atoms with Crippen LogP contribution < -0.4 is 11.1 Å². The number of anilines is 1. The number of nitrogens with zero attached hydrogens (tertiary/aromatic N) is 1. The van der Waals surface area contributed by atoms with Gasteiger partial charge in [0.1, 0.15) is 5.82 Å². The number of amides is 1. The molecule has 190 valence electrons. The van der Waals surface area contributed by atoms with Gasteiger partial charge in [-0.05, 0) is 74.1 Å². The van der Waals surface area contributed by atoms with Crippen molar-refractivity contribution in [2.45, 2.75) is 77.4 Å². The minimum absolute atomic E-state index is 0.00950. The van der Waals surface area contributed by atoms with Gasteiger partial charge >= 0.3 is 0 Å². The van der Waals surface area contributed by atoms with Crippen LogP contribution in [0.5, 0.6) is 0 Å². The zero-order valence-electron chi connectivity index (χ0n) is 20.9. The summed E-state index contributed by atoms with van der Waals surface area (Å²) in [5.41, 5.74) is 8.84. The van der Waals surface area contributed by atoms with Crippen LogP contribution in [0, 0.1) is 11.2 Å². The summed E-state index contributed by atoms with van der Waals surface area (Å²) in [5.74, 6) is -1.44. The Balaban J connectivity index is 1.70. The maximum absolute atomic E-state index is 15.5. The van der Waals surface area contributed by atoms with E-state index in [0.717, 1.165) is 54.3 Å². The largest absolute Gasteiger partial charge is 0.393 e. The van der Waals surface area contributed by atoms with Crippen molar-refractivity contribution in [2.24, 2.45) is 11.1 Å². The Bertz CT molecular complexity index is 1330. The summed E-state index contributed by atoms with van der Waals surface area (Å²) < 4.78 is 17.3. The lowest BCUT2D eigenvalue weighted by Gasteiger charge is -2.36. The standard InChI is InChI=1S/C29H34FN3O3/c1-3-29(4-2)15-24-26(20-7-5-6-8-23(20)33(24)25(35)16-29)17-13-21(30)27(28(31)36)22(14-17)32-18-9-11-19(34)12-10-18/h5-8,13-14,18-19,32,34H,3-4,9-12,15-16H2,1-2H3,(H2,31,36). The fourth-order valence-corrected chi connectivity index (χ4v) is 6.19. The number of aliphatic hydroxyl groups excluding tert-OH is 1. The lowest BCUT2D eigenvalue weighted by atomic mass is 9.72. The van der Waals surface area contributed by atoms with E-state index in [2.05, 4.69) is 19.2 Å². The highest BCUT2D eigenvalue weighted by molar-refractivity contribution is 6.06. The second-order valence-corrected chi connectivity index (χ2v) is 10.5. The molecule has 2 heterocycles. The van der Waals surface area contributed by atoms with Crippen LogP contribution in [-0.2, 0) is 6.42 Å². The minimum atomic E-state index is -0.827. The van der Waals surface area contributed by atoms with Crippen LogP contribution in [-0.4, -0.2) is 33.6 Å². The van der Waals surface area contributed by atoms with E-state index >= 15 is 4.39 Å². The molecule has 1 saturated carbocycles. The Labute approximate surface area is 210 Å². The van der Waals surface area contributed by atoms with Gasteiger partial charge in [-0.1, -0.05) is 32.0 Å². The number of aromatic nitrogens is 1. The molecule has 0 unspecified atom stereocenters. The Morgan fingerprint density at radius 2 is 1.83 bits per heavy atom. The molecule has 2 aromatic carbocycles. The van der Waals surface area contributed by atoms with E-state index in [9.17, 15) is 14.7 Å². The number of benzene rings is 2. The van der Waals surface area contributed by atoms with Gasteiger partial charge in [0.25, 0.3) is 5.91 Å². The second-order valence-electron chi connectivity index (χ2n) is 10.5. The number of halogens is 1. The molecule has 0 radical (unpaired) electrons. The second kappa shape index (κ2) is 9.36. The Hall–Kier alpha value is -3.19. The van der Waals surface area contributed by atoms with Crippen LogP contribution in [0.25, 0.3) is 22.0 Å². The van der Waals surface area contributed by atoms with Gasteiger partial charge in [0, 0.05) is 29.1 Å². The molecule has 36 heavy (non-hydrogen) atoms. The summed E-state index contributed by atoms with van der Waals surface area (Å²) in [4.78, 5) is 25.7. The average Bonchev–Trinajstić information content (AvgIpc) is 3.19. The molecular formula is C29H34FN3O3. The summed E-state index contributed by atoms with van der Waals surface area (Å²) >= 11 is 0. The van der Waals surface area contributed by atoms with Crippen LogP contribution in [0.3, 0.4) is 0 Å². The zero-order chi connectivity index (χ0) is 25.6. The molecule has 1 aromatic heterocycles. The third-order valence-corrected chi connectivity index (χ3v) is 8.47. The molecule has 1 amide bonds. The molecular weight excluding hydrogens is 457 g/mol. The van der Waals surface area contributed by atoms with Crippen molar-refractivity contribution >= 4 is 28.4 Å². The van der Waals surface area contributed by atoms with Crippen molar-refractivity contribution in [3.8, 4) is 11.1 Å². The number of fused-ring (bicyclic) bond motifs is 3. The molecule has 2 aliphatic rings. The van der Waals surface area contributed by atoms with Gasteiger partial charge in [0.05, 0.1) is 22.9 Å². The molecule has 1 aliphatic carbocycles. The van der Waals surface area contributed by atoms with Crippen LogP contribution in [0.4, 0.5) is 10.1 Å². The van der Waals surface area contributed by atoms with Crippen LogP contribution in [0.15, 0.2) is 36.4 Å². The molecule has 0 spiro atoms. The molecule has 1 aliphatic heterocycles. The van der Waals surface area contributed by atoms with E-state index in [0.29, 0.717) is 30.5 Å². The number of hydrogen-bond acceptors (Lipinski definition) is 4. The number of carbonyl (C=O) groups excluding carboxylic acids is 2. The molecule has 1 fully saturated rings. The molecule has 0 bridgehead atoms. The Kier molecular flexibility index (Phi) is 6.37. The Morgan fingerprint density at radius 3 is 2.50 bits per heavy atom. The number of nitrogens with one attached hydrogen (secondary N) is 1. The molecule has 5 rings (SSSR count). The van der Waals surface area contributed by atoms with E-state index in [4.69, 9.17) is 5.73 Å². The molecule has 7 heteroatoms. The van der Waals surface area contributed by atoms with E-state index in [-0.39, 0.29) is 29.0 Å². The first-order valence-electron chi connectivity index (χ1n) is 13.0. The van der Waals surface area contributed by atoms with Crippen LogP contribution in [0.2, 0.25) is 0 Å². The number of aliphatic hydroxyl groups is 1. The first-order valence-corrected chi connectivity index (χ1v) is 13.0. The van der Waals surface area contributed by atoms with Crippen molar-refractivity contribution in [3.05, 3.63) is 53.5 Å². The van der Waals surface area contributed by atoms with Gasteiger partial charge in [-0.25, -0.2) is 4.39 Å². The maximum Gasteiger partial charge on any atom is 0.253 e. The van der Waals surface area contributed by atoms with E-state index in [1.165, 1.54) is 6.07 Å². The predicted molar refractivity (Wildman–Crippen MR) is 140 cm³/mol. The monoisotopic (exact) mass is 491 g/mol.